The van der Waals surface area contributed by atoms with E-state index >= 15 is 0 Å². The second-order valence-corrected chi connectivity index (χ2v) is 3.85. The zero-order valence-corrected chi connectivity index (χ0v) is 9.32. The molecule has 0 aliphatic heterocycles. The van der Waals surface area contributed by atoms with Crippen molar-refractivity contribution >= 4 is 33.3 Å². The number of halogens is 2. The van der Waals surface area contributed by atoms with Gasteiger partial charge in [-0.05, 0) is 28.1 Å². The van der Waals surface area contributed by atoms with Gasteiger partial charge in [-0.3, -0.25) is 4.79 Å². The van der Waals surface area contributed by atoms with Gasteiger partial charge >= 0.3 is 0 Å². The van der Waals surface area contributed by atoms with Crippen molar-refractivity contribution in [3.8, 4) is 5.75 Å². The number of carbonyl (C=O) groups excluding carboxylic acids is 1. The first-order valence-electron chi connectivity index (χ1n) is 3.77. The summed E-state index contributed by atoms with van der Waals surface area (Å²) >= 11 is 8.84. The smallest absolute Gasteiger partial charge is 0.166 e. The molecule has 0 amide bonds. The van der Waals surface area contributed by atoms with Gasteiger partial charge in [-0.2, -0.15) is 0 Å². The quantitative estimate of drug-likeness (QED) is 0.830. The Kier molecular flexibility index (Phi) is 3.33. The minimum absolute atomic E-state index is 0.0451. The van der Waals surface area contributed by atoms with Gasteiger partial charge in [-0.25, -0.2) is 0 Å². The van der Waals surface area contributed by atoms with Crippen molar-refractivity contribution < 1.29 is 9.90 Å². The van der Waals surface area contributed by atoms with Crippen LogP contribution in [-0.4, -0.2) is 10.9 Å². The van der Waals surface area contributed by atoms with Crippen molar-refractivity contribution in [1.29, 1.82) is 0 Å². The molecule has 70 valence electrons. The molecule has 4 heteroatoms. The van der Waals surface area contributed by atoms with Crippen LogP contribution in [0.4, 0.5) is 0 Å². The van der Waals surface area contributed by atoms with E-state index in [1.54, 1.807) is 13.0 Å². The Morgan fingerprint density at radius 3 is 2.77 bits per heavy atom. The van der Waals surface area contributed by atoms with Crippen molar-refractivity contribution in [3.05, 3.63) is 27.2 Å². The van der Waals surface area contributed by atoms with Gasteiger partial charge in [0.25, 0.3) is 0 Å². The lowest BCUT2D eigenvalue weighted by Gasteiger charge is -2.04. The molecule has 0 saturated heterocycles. The topological polar surface area (TPSA) is 37.3 Å². The summed E-state index contributed by atoms with van der Waals surface area (Å²) in [5.74, 6) is -0.169. The van der Waals surface area contributed by atoms with E-state index in [-0.39, 0.29) is 17.1 Å². The van der Waals surface area contributed by atoms with Crippen LogP contribution in [0, 0.1) is 0 Å². The number of carbonyl (C=O) groups is 1. The van der Waals surface area contributed by atoms with Gasteiger partial charge in [0.1, 0.15) is 5.75 Å². The van der Waals surface area contributed by atoms with Crippen LogP contribution >= 0.6 is 27.5 Å². The molecule has 0 atom stereocenters. The highest BCUT2D eigenvalue weighted by atomic mass is 79.9. The molecule has 1 aromatic carbocycles. The molecule has 13 heavy (non-hydrogen) atoms. The third-order valence-electron chi connectivity index (χ3n) is 1.65. The molecule has 0 radical (unpaired) electrons. The second kappa shape index (κ2) is 4.11. The summed E-state index contributed by atoms with van der Waals surface area (Å²) in [5.41, 5.74) is 0.266. The second-order valence-electron chi connectivity index (χ2n) is 2.56. The van der Waals surface area contributed by atoms with E-state index in [0.29, 0.717) is 15.9 Å². The number of phenolic OH excluding ortho intramolecular Hbond substituents is 1. The number of hydrogen-bond acceptors (Lipinski definition) is 2. The van der Waals surface area contributed by atoms with Crippen molar-refractivity contribution in [3.63, 3.8) is 0 Å². The summed E-state index contributed by atoms with van der Waals surface area (Å²) in [4.78, 5) is 11.3. The molecule has 0 fully saturated rings. The first-order valence-corrected chi connectivity index (χ1v) is 4.94. The Hall–Kier alpha value is -0.540. The lowest BCUT2D eigenvalue weighted by molar-refractivity contribution is 0.0985. The molecule has 0 saturated carbocycles. The third kappa shape index (κ3) is 2.23. The van der Waals surface area contributed by atoms with Crippen molar-refractivity contribution in [2.24, 2.45) is 0 Å². The number of Topliss-reactive ketones (excluding diaryl/α,β-unsaturated/α-hetero) is 1. The fraction of sp³-hybridized carbons (Fsp3) is 0.222. The summed E-state index contributed by atoms with van der Waals surface area (Å²) < 4.78 is 0.441. The predicted molar refractivity (Wildman–Crippen MR) is 55.4 cm³/mol. The molecule has 0 unspecified atom stereocenters. The van der Waals surface area contributed by atoms with Gasteiger partial charge < -0.3 is 5.11 Å². The molecule has 0 heterocycles. The largest absolute Gasteiger partial charge is 0.506 e. The minimum Gasteiger partial charge on any atom is -0.506 e. The molecule has 1 N–H and O–H groups in total. The van der Waals surface area contributed by atoms with E-state index in [9.17, 15) is 9.90 Å². The SMILES string of the molecule is CCC(=O)c1cc(Cl)cc(Br)c1O. The van der Waals surface area contributed by atoms with Gasteiger partial charge in [0.15, 0.2) is 5.78 Å². The molecule has 0 bridgehead atoms. The van der Waals surface area contributed by atoms with Gasteiger partial charge in [0.05, 0.1) is 10.0 Å². The van der Waals surface area contributed by atoms with Crippen molar-refractivity contribution in [2.75, 3.05) is 0 Å². The Morgan fingerprint density at radius 1 is 1.62 bits per heavy atom. The Morgan fingerprint density at radius 2 is 2.23 bits per heavy atom. The minimum atomic E-state index is -0.124. The molecule has 2 nitrogen and oxygen atoms in total. The van der Waals surface area contributed by atoms with E-state index in [1.165, 1.54) is 6.07 Å². The van der Waals surface area contributed by atoms with E-state index < -0.39 is 0 Å². The Labute approximate surface area is 89.7 Å². The molecule has 0 aliphatic carbocycles. The summed E-state index contributed by atoms with van der Waals surface area (Å²) in [6.45, 7) is 1.73. The van der Waals surface area contributed by atoms with E-state index in [4.69, 9.17) is 11.6 Å². The van der Waals surface area contributed by atoms with Gasteiger partial charge in [0.2, 0.25) is 0 Å². The zero-order valence-electron chi connectivity index (χ0n) is 6.97. The number of hydrogen-bond donors (Lipinski definition) is 1. The van der Waals surface area contributed by atoms with Crippen LogP contribution in [0.5, 0.6) is 5.75 Å². The van der Waals surface area contributed by atoms with Crippen LogP contribution < -0.4 is 0 Å². The predicted octanol–water partition coefficient (Wildman–Crippen LogP) is 3.40. The van der Waals surface area contributed by atoms with Crippen LogP contribution in [0.1, 0.15) is 23.7 Å². The van der Waals surface area contributed by atoms with Crippen LogP contribution in [0.2, 0.25) is 5.02 Å². The average Bonchev–Trinajstić information content (AvgIpc) is 2.10. The average molecular weight is 264 g/mol. The fourth-order valence-electron chi connectivity index (χ4n) is 0.969. The first-order chi connectivity index (χ1) is 6.06. The normalized spacial score (nSPS) is 10.1. The third-order valence-corrected chi connectivity index (χ3v) is 2.47. The fourth-order valence-corrected chi connectivity index (χ4v) is 1.78. The number of phenols is 1. The molecule has 0 spiro atoms. The monoisotopic (exact) mass is 262 g/mol. The molecular formula is C9H8BrClO2. The highest BCUT2D eigenvalue weighted by Gasteiger charge is 2.12. The maximum Gasteiger partial charge on any atom is 0.166 e. The van der Waals surface area contributed by atoms with Gasteiger partial charge in [-0.15, -0.1) is 0 Å². The van der Waals surface area contributed by atoms with Gasteiger partial charge in [-0.1, -0.05) is 18.5 Å². The van der Waals surface area contributed by atoms with Crippen molar-refractivity contribution in [1.82, 2.24) is 0 Å². The van der Waals surface area contributed by atoms with Gasteiger partial charge in [0, 0.05) is 11.4 Å². The van der Waals surface area contributed by atoms with E-state index in [0.717, 1.165) is 0 Å². The first kappa shape index (κ1) is 10.5. The number of ketones is 1. The lowest BCUT2D eigenvalue weighted by atomic mass is 10.1. The molecule has 0 aromatic heterocycles. The van der Waals surface area contributed by atoms with E-state index in [2.05, 4.69) is 15.9 Å². The molecule has 0 aliphatic rings. The summed E-state index contributed by atoms with van der Waals surface area (Å²) in [5, 5.41) is 9.93. The lowest BCUT2D eigenvalue weighted by Crippen LogP contribution is -1.97. The molecular weight excluding hydrogens is 255 g/mol. The molecule has 1 rings (SSSR count). The van der Waals surface area contributed by atoms with Crippen LogP contribution in [0.3, 0.4) is 0 Å². The van der Waals surface area contributed by atoms with Crippen LogP contribution in [-0.2, 0) is 0 Å². The number of rotatable bonds is 2. The summed E-state index contributed by atoms with van der Waals surface area (Å²) in [6.07, 6.45) is 0.348. The summed E-state index contributed by atoms with van der Waals surface area (Å²) in [7, 11) is 0. The highest BCUT2D eigenvalue weighted by Crippen LogP contribution is 2.32. The number of aromatic hydroxyl groups is 1. The van der Waals surface area contributed by atoms with E-state index in [1.807, 2.05) is 0 Å². The highest BCUT2D eigenvalue weighted by molar-refractivity contribution is 9.10. The van der Waals surface area contributed by atoms with Crippen LogP contribution in [0.15, 0.2) is 16.6 Å². The standard InChI is InChI=1S/C9H8BrClO2/c1-2-8(12)6-3-5(11)4-7(10)9(6)13/h3-4,13H,2H2,1H3. The Balaban J connectivity index is 3.28. The molecule has 1 aromatic rings. The maximum atomic E-state index is 11.3. The Bertz CT molecular complexity index is 350. The van der Waals surface area contributed by atoms with Crippen molar-refractivity contribution in [2.45, 2.75) is 13.3 Å². The van der Waals surface area contributed by atoms with Crippen LogP contribution in [0.25, 0.3) is 0 Å². The number of benzene rings is 1. The summed E-state index contributed by atoms with van der Waals surface area (Å²) in [6, 6.07) is 3.01. The maximum absolute atomic E-state index is 11.3. The zero-order chi connectivity index (χ0) is 10.0.